The number of nitrogens with zero attached hydrogens (tertiary/aromatic N) is 1. The number of ketones is 1. The van der Waals surface area contributed by atoms with E-state index in [0.717, 1.165) is 11.3 Å². The fourth-order valence-electron chi connectivity index (χ4n) is 1.60. The van der Waals surface area contributed by atoms with Crippen molar-refractivity contribution >= 4 is 39.8 Å². The van der Waals surface area contributed by atoms with E-state index in [9.17, 15) is 14.4 Å². The van der Waals surface area contributed by atoms with Gasteiger partial charge in [0.2, 0.25) is 5.91 Å². The molecule has 2 aromatic rings. The molecule has 0 atom stereocenters. The van der Waals surface area contributed by atoms with Crippen LogP contribution < -0.4 is 11.1 Å². The van der Waals surface area contributed by atoms with Crippen LogP contribution in [-0.2, 0) is 0 Å². The van der Waals surface area contributed by atoms with Gasteiger partial charge in [-0.3, -0.25) is 9.59 Å². The highest BCUT2D eigenvalue weighted by Gasteiger charge is 2.20. The fourth-order valence-corrected chi connectivity index (χ4v) is 2.47. The van der Waals surface area contributed by atoms with Crippen molar-refractivity contribution in [3.63, 3.8) is 0 Å². The summed E-state index contributed by atoms with van der Waals surface area (Å²) in [5.74, 6) is -2.15. The number of rotatable bonds is 5. The first-order valence-corrected chi connectivity index (χ1v) is 6.62. The first-order chi connectivity index (χ1) is 9.88. The average molecular weight is 305 g/mol. The molecule has 0 radical (unpaired) electrons. The number of Topliss-reactive ketones (excluding diaryl/α,β-unsaturated/α-hetero) is 1. The van der Waals surface area contributed by atoms with Crippen molar-refractivity contribution in [3.8, 4) is 0 Å². The number of hydrogen-bond donors (Lipinski definition) is 3. The van der Waals surface area contributed by atoms with Crippen molar-refractivity contribution in [3.05, 3.63) is 40.4 Å². The summed E-state index contributed by atoms with van der Waals surface area (Å²) in [7, 11) is 0. The molecular formula is C13H11N3O4S. The van der Waals surface area contributed by atoms with Gasteiger partial charge >= 0.3 is 5.97 Å². The Kier molecular flexibility index (Phi) is 3.99. The molecule has 108 valence electrons. The molecule has 0 unspecified atom stereocenters. The molecule has 21 heavy (non-hydrogen) atoms. The van der Waals surface area contributed by atoms with Crippen molar-refractivity contribution in [1.29, 1.82) is 0 Å². The highest BCUT2D eigenvalue weighted by atomic mass is 32.1. The second-order valence-electron chi connectivity index (χ2n) is 4.12. The van der Waals surface area contributed by atoms with E-state index in [0.29, 0.717) is 11.3 Å². The summed E-state index contributed by atoms with van der Waals surface area (Å²) < 4.78 is 0. The zero-order chi connectivity index (χ0) is 15.6. The van der Waals surface area contributed by atoms with Crippen molar-refractivity contribution in [2.24, 2.45) is 5.73 Å². The Morgan fingerprint density at radius 3 is 2.29 bits per heavy atom. The van der Waals surface area contributed by atoms with Crippen LogP contribution in [0.3, 0.4) is 0 Å². The molecule has 2 rings (SSSR count). The smallest absolute Gasteiger partial charge is 0.356 e. The zero-order valence-electron chi connectivity index (χ0n) is 10.9. The molecule has 7 nitrogen and oxygen atoms in total. The molecule has 0 fully saturated rings. The number of benzene rings is 1. The van der Waals surface area contributed by atoms with Crippen molar-refractivity contribution in [1.82, 2.24) is 4.98 Å². The van der Waals surface area contributed by atoms with Crippen LogP contribution in [0, 0.1) is 0 Å². The van der Waals surface area contributed by atoms with E-state index in [1.54, 1.807) is 12.1 Å². The highest BCUT2D eigenvalue weighted by molar-refractivity contribution is 7.17. The van der Waals surface area contributed by atoms with Gasteiger partial charge in [0.05, 0.1) is 0 Å². The number of hydrogen-bond acceptors (Lipinski definition) is 6. The van der Waals surface area contributed by atoms with E-state index < -0.39 is 11.9 Å². The summed E-state index contributed by atoms with van der Waals surface area (Å²) in [6, 6.07) is 6.27. The number of carboxylic acids is 1. The highest BCUT2D eigenvalue weighted by Crippen LogP contribution is 2.26. The van der Waals surface area contributed by atoms with E-state index >= 15 is 0 Å². The van der Waals surface area contributed by atoms with E-state index in [1.807, 2.05) is 0 Å². The lowest BCUT2D eigenvalue weighted by atomic mass is 10.2. The monoisotopic (exact) mass is 305 g/mol. The lowest BCUT2D eigenvalue weighted by Crippen LogP contribution is -2.10. The van der Waals surface area contributed by atoms with Crippen molar-refractivity contribution < 1.29 is 19.5 Å². The van der Waals surface area contributed by atoms with Crippen LogP contribution >= 0.6 is 11.3 Å². The number of carbonyl (C=O) groups excluding carboxylic acids is 2. The van der Waals surface area contributed by atoms with Crippen LogP contribution in [-0.4, -0.2) is 27.8 Å². The second-order valence-corrected chi connectivity index (χ2v) is 5.12. The van der Waals surface area contributed by atoms with Crippen LogP contribution in [0.2, 0.25) is 0 Å². The molecule has 0 saturated carbocycles. The molecule has 0 aliphatic carbocycles. The number of anilines is 2. The topological polar surface area (TPSA) is 122 Å². The SMILES string of the molecule is CC(=O)c1sc(Nc2ccc(C(N)=O)cc2)nc1C(=O)O. The van der Waals surface area contributed by atoms with Crippen LogP contribution in [0.5, 0.6) is 0 Å². The average Bonchev–Trinajstić information content (AvgIpc) is 2.83. The Bertz CT molecular complexity index is 690. The Labute approximate surface area is 123 Å². The largest absolute Gasteiger partial charge is 0.476 e. The number of primary amides is 1. The lowest BCUT2D eigenvalue weighted by molar-refractivity contribution is 0.0687. The number of carboxylic acid groups (broad SMARTS) is 1. The van der Waals surface area contributed by atoms with Gasteiger partial charge in [0.25, 0.3) is 0 Å². The van der Waals surface area contributed by atoms with Crippen molar-refractivity contribution in [2.45, 2.75) is 6.92 Å². The minimum atomic E-state index is -1.26. The predicted molar refractivity (Wildman–Crippen MR) is 77.3 cm³/mol. The minimum Gasteiger partial charge on any atom is -0.476 e. The normalized spacial score (nSPS) is 10.1. The summed E-state index contributed by atoms with van der Waals surface area (Å²) >= 11 is 0.957. The number of aromatic carboxylic acids is 1. The first kappa shape index (κ1) is 14.7. The summed E-state index contributed by atoms with van der Waals surface area (Å²) in [5, 5.41) is 12.2. The fraction of sp³-hybridized carbons (Fsp3) is 0.0769. The molecule has 0 saturated heterocycles. The van der Waals surface area contributed by atoms with Gasteiger partial charge in [-0.2, -0.15) is 0 Å². The molecule has 0 aliphatic heterocycles. The molecule has 0 aliphatic rings. The molecule has 1 amide bonds. The Morgan fingerprint density at radius 2 is 1.86 bits per heavy atom. The first-order valence-electron chi connectivity index (χ1n) is 5.80. The van der Waals surface area contributed by atoms with Gasteiger partial charge in [-0.15, -0.1) is 0 Å². The number of amides is 1. The van der Waals surface area contributed by atoms with Gasteiger partial charge in [0.1, 0.15) is 4.88 Å². The number of nitrogens with two attached hydrogens (primary N) is 1. The van der Waals surface area contributed by atoms with Gasteiger partial charge in [-0.05, 0) is 24.3 Å². The van der Waals surface area contributed by atoms with E-state index in [1.165, 1.54) is 19.1 Å². The van der Waals surface area contributed by atoms with E-state index in [4.69, 9.17) is 10.8 Å². The second kappa shape index (κ2) is 5.71. The van der Waals surface area contributed by atoms with Crippen LogP contribution in [0.1, 0.15) is 37.4 Å². The summed E-state index contributed by atoms with van der Waals surface area (Å²) in [6.07, 6.45) is 0. The molecule has 8 heteroatoms. The summed E-state index contributed by atoms with van der Waals surface area (Å²) in [4.78, 5) is 37.3. The van der Waals surface area contributed by atoms with Gasteiger partial charge < -0.3 is 16.2 Å². The zero-order valence-corrected chi connectivity index (χ0v) is 11.7. The Balaban J connectivity index is 2.27. The van der Waals surface area contributed by atoms with Crippen LogP contribution in [0.25, 0.3) is 0 Å². The predicted octanol–water partition coefficient (Wildman–Crippen LogP) is 1.89. The number of thiazole rings is 1. The molecule has 1 aromatic heterocycles. The Morgan fingerprint density at radius 1 is 1.24 bits per heavy atom. The van der Waals surface area contributed by atoms with E-state index in [2.05, 4.69) is 10.3 Å². The maximum absolute atomic E-state index is 11.4. The summed E-state index contributed by atoms with van der Waals surface area (Å²) in [5.41, 5.74) is 5.81. The Hall–Kier alpha value is -2.74. The minimum absolute atomic E-state index is 0.0822. The van der Waals surface area contributed by atoms with Crippen molar-refractivity contribution in [2.75, 3.05) is 5.32 Å². The third kappa shape index (κ3) is 3.23. The molecule has 0 bridgehead atoms. The maximum Gasteiger partial charge on any atom is 0.356 e. The van der Waals surface area contributed by atoms with Crippen LogP contribution in [0.15, 0.2) is 24.3 Å². The third-order valence-electron chi connectivity index (χ3n) is 2.57. The molecule has 4 N–H and O–H groups in total. The molecule has 1 heterocycles. The molecule has 1 aromatic carbocycles. The third-order valence-corrected chi connectivity index (χ3v) is 3.64. The van der Waals surface area contributed by atoms with Gasteiger partial charge in [-0.1, -0.05) is 11.3 Å². The standard InChI is InChI=1S/C13H11N3O4S/c1-6(17)10-9(12(19)20)16-13(21-10)15-8-4-2-7(3-5-8)11(14)18/h2-5H,1H3,(H2,14,18)(H,15,16)(H,19,20). The number of nitrogens with one attached hydrogen (secondary N) is 1. The number of carbonyl (C=O) groups is 3. The summed E-state index contributed by atoms with van der Waals surface area (Å²) in [6.45, 7) is 1.28. The quantitative estimate of drug-likeness (QED) is 0.725. The number of aromatic nitrogens is 1. The molecule has 0 spiro atoms. The van der Waals surface area contributed by atoms with Gasteiger partial charge in [0, 0.05) is 18.2 Å². The maximum atomic E-state index is 11.4. The van der Waals surface area contributed by atoms with Gasteiger partial charge in [-0.25, -0.2) is 9.78 Å². The molecular weight excluding hydrogens is 294 g/mol. The van der Waals surface area contributed by atoms with Gasteiger partial charge in [0.15, 0.2) is 16.6 Å². The van der Waals surface area contributed by atoms with E-state index in [-0.39, 0.29) is 21.5 Å². The lowest BCUT2D eigenvalue weighted by Gasteiger charge is -2.02. The van der Waals surface area contributed by atoms with Crippen LogP contribution in [0.4, 0.5) is 10.8 Å².